The number of rotatable bonds is 5. The quantitative estimate of drug-likeness (QED) is 0.367. The van der Waals surface area contributed by atoms with Gasteiger partial charge in [0.15, 0.2) is 11.5 Å². The third kappa shape index (κ3) is 3.77. The molecule has 188 valence electrons. The molecule has 0 bridgehead atoms. The van der Waals surface area contributed by atoms with E-state index in [1.807, 2.05) is 55.7 Å². The van der Waals surface area contributed by atoms with Gasteiger partial charge in [0.2, 0.25) is 0 Å². The standard InChI is InChI=1S/C27H23N9O2/c1-16(31-26(37)22-23(28)33-35-13-7-12-29-25(22)35)24-32-20-11-6-10-19(17-14-30-34(2)15-17)21(20)27(38)36(24)18-8-4-3-5-9-18/h3-16H,1-2H3,(H2,28,33)(H,31,37). The van der Waals surface area contributed by atoms with Crippen LogP contribution < -0.4 is 16.6 Å². The van der Waals surface area contributed by atoms with Crippen LogP contribution in [-0.4, -0.2) is 39.8 Å². The van der Waals surface area contributed by atoms with E-state index < -0.39 is 11.9 Å². The van der Waals surface area contributed by atoms with Crippen LogP contribution in [0.2, 0.25) is 0 Å². The van der Waals surface area contributed by atoms with Crippen LogP contribution in [0.5, 0.6) is 0 Å². The summed E-state index contributed by atoms with van der Waals surface area (Å²) < 4.78 is 4.66. The molecule has 6 aromatic rings. The van der Waals surface area contributed by atoms with Crippen LogP contribution in [0, 0.1) is 0 Å². The van der Waals surface area contributed by atoms with Gasteiger partial charge in [-0.25, -0.2) is 14.5 Å². The summed E-state index contributed by atoms with van der Waals surface area (Å²) >= 11 is 0. The van der Waals surface area contributed by atoms with Crippen molar-refractivity contribution < 1.29 is 4.79 Å². The van der Waals surface area contributed by atoms with E-state index in [9.17, 15) is 9.59 Å². The van der Waals surface area contributed by atoms with Crippen LogP contribution in [0.15, 0.2) is 84.2 Å². The van der Waals surface area contributed by atoms with Crippen LogP contribution in [0.25, 0.3) is 33.4 Å². The molecule has 6 rings (SSSR count). The van der Waals surface area contributed by atoms with E-state index in [1.165, 1.54) is 9.08 Å². The zero-order valence-corrected chi connectivity index (χ0v) is 20.6. The van der Waals surface area contributed by atoms with Gasteiger partial charge in [-0.15, -0.1) is 5.10 Å². The van der Waals surface area contributed by atoms with Crippen LogP contribution >= 0.6 is 0 Å². The summed E-state index contributed by atoms with van der Waals surface area (Å²) in [5.74, 6) is -0.0448. The molecule has 3 N–H and O–H groups in total. The summed E-state index contributed by atoms with van der Waals surface area (Å²) in [6, 6.07) is 15.8. The van der Waals surface area contributed by atoms with Crippen molar-refractivity contribution in [1.29, 1.82) is 0 Å². The van der Waals surface area contributed by atoms with E-state index in [0.29, 0.717) is 28.1 Å². The Kier molecular flexibility index (Phi) is 5.45. The molecule has 0 fully saturated rings. The Bertz CT molecular complexity index is 1890. The molecule has 0 aliphatic heterocycles. The van der Waals surface area contributed by atoms with Crippen LogP contribution in [-0.2, 0) is 7.05 Å². The average Bonchev–Trinajstić information content (AvgIpc) is 3.50. The minimum atomic E-state index is -0.667. The molecule has 0 radical (unpaired) electrons. The molecular formula is C27H23N9O2. The first-order valence-electron chi connectivity index (χ1n) is 11.9. The van der Waals surface area contributed by atoms with Crippen LogP contribution in [0.1, 0.15) is 29.1 Å². The number of nitrogens with zero attached hydrogens (tertiary/aromatic N) is 7. The normalized spacial score (nSPS) is 12.2. The topological polar surface area (TPSA) is 138 Å². The maximum atomic E-state index is 14.1. The lowest BCUT2D eigenvalue weighted by molar-refractivity contribution is 0.0940. The molecule has 0 saturated carbocycles. The summed E-state index contributed by atoms with van der Waals surface area (Å²) in [5, 5.41) is 11.8. The molecule has 0 aliphatic rings. The molecule has 4 aromatic heterocycles. The van der Waals surface area contributed by atoms with E-state index in [-0.39, 0.29) is 16.9 Å². The van der Waals surface area contributed by atoms with Gasteiger partial charge in [-0.05, 0) is 36.8 Å². The highest BCUT2D eigenvalue weighted by Gasteiger charge is 2.25. The first-order valence-corrected chi connectivity index (χ1v) is 11.9. The monoisotopic (exact) mass is 505 g/mol. The molecular weight excluding hydrogens is 482 g/mol. The summed E-state index contributed by atoms with van der Waals surface area (Å²) in [7, 11) is 1.82. The van der Waals surface area contributed by atoms with E-state index in [4.69, 9.17) is 10.7 Å². The number of nitrogen functional groups attached to an aromatic ring is 1. The molecule has 0 saturated heterocycles. The predicted octanol–water partition coefficient (Wildman–Crippen LogP) is 2.90. The van der Waals surface area contributed by atoms with Gasteiger partial charge < -0.3 is 11.1 Å². The molecule has 1 amide bonds. The second-order valence-corrected chi connectivity index (χ2v) is 8.89. The average molecular weight is 506 g/mol. The van der Waals surface area contributed by atoms with E-state index in [0.717, 1.165) is 11.1 Å². The lowest BCUT2D eigenvalue weighted by Crippen LogP contribution is -2.33. The van der Waals surface area contributed by atoms with Crippen molar-refractivity contribution in [3.63, 3.8) is 0 Å². The van der Waals surface area contributed by atoms with Gasteiger partial charge in [0, 0.05) is 31.2 Å². The minimum Gasteiger partial charge on any atom is -0.381 e. The van der Waals surface area contributed by atoms with Gasteiger partial charge in [-0.1, -0.05) is 30.3 Å². The molecule has 1 atom stereocenters. The maximum Gasteiger partial charge on any atom is 0.266 e. The lowest BCUT2D eigenvalue weighted by Gasteiger charge is -2.20. The minimum absolute atomic E-state index is 0.0569. The van der Waals surface area contributed by atoms with E-state index >= 15 is 0 Å². The Labute approximate surface area is 216 Å². The number of carbonyl (C=O) groups excluding carboxylic acids is 1. The van der Waals surface area contributed by atoms with Crippen LogP contribution in [0.4, 0.5) is 5.82 Å². The highest BCUT2D eigenvalue weighted by atomic mass is 16.2. The zero-order valence-electron chi connectivity index (χ0n) is 20.6. The zero-order chi connectivity index (χ0) is 26.4. The number of nitrogens with one attached hydrogen (secondary N) is 1. The Balaban J connectivity index is 1.51. The van der Waals surface area contributed by atoms with Crippen molar-refractivity contribution in [3.05, 3.63) is 101 Å². The Morgan fingerprint density at radius 2 is 1.89 bits per heavy atom. The maximum absolute atomic E-state index is 14.1. The highest BCUT2D eigenvalue weighted by Crippen LogP contribution is 2.27. The van der Waals surface area contributed by atoms with Gasteiger partial charge in [0.05, 0.1) is 28.8 Å². The largest absolute Gasteiger partial charge is 0.381 e. The molecule has 11 nitrogen and oxygen atoms in total. The number of benzene rings is 2. The molecule has 4 heterocycles. The molecule has 0 aliphatic carbocycles. The summed E-state index contributed by atoms with van der Waals surface area (Å²) in [6.45, 7) is 1.77. The number of fused-ring (bicyclic) bond motifs is 2. The summed E-state index contributed by atoms with van der Waals surface area (Å²) in [4.78, 5) is 36.6. The van der Waals surface area contributed by atoms with E-state index in [1.54, 1.807) is 42.3 Å². The van der Waals surface area contributed by atoms with Crippen molar-refractivity contribution >= 4 is 28.3 Å². The fourth-order valence-corrected chi connectivity index (χ4v) is 4.62. The smallest absolute Gasteiger partial charge is 0.266 e. The third-order valence-electron chi connectivity index (χ3n) is 6.34. The Morgan fingerprint density at radius 3 is 2.66 bits per heavy atom. The second kappa shape index (κ2) is 8.96. The molecule has 11 heteroatoms. The second-order valence-electron chi connectivity index (χ2n) is 8.89. The van der Waals surface area contributed by atoms with Gasteiger partial charge in [0.25, 0.3) is 11.5 Å². The summed E-state index contributed by atoms with van der Waals surface area (Å²) in [5.41, 5.74) is 8.96. The van der Waals surface area contributed by atoms with Crippen molar-refractivity contribution in [2.75, 3.05) is 5.73 Å². The first kappa shape index (κ1) is 23.1. The molecule has 38 heavy (non-hydrogen) atoms. The number of aryl methyl sites for hydroxylation is 1. The van der Waals surface area contributed by atoms with Crippen molar-refractivity contribution in [2.45, 2.75) is 13.0 Å². The Morgan fingerprint density at radius 1 is 1.08 bits per heavy atom. The predicted molar refractivity (Wildman–Crippen MR) is 143 cm³/mol. The number of amides is 1. The van der Waals surface area contributed by atoms with Crippen molar-refractivity contribution in [3.8, 4) is 16.8 Å². The lowest BCUT2D eigenvalue weighted by atomic mass is 10.0. The van der Waals surface area contributed by atoms with Gasteiger partial charge in [0.1, 0.15) is 11.4 Å². The number of anilines is 1. The van der Waals surface area contributed by atoms with Crippen LogP contribution in [0.3, 0.4) is 0 Å². The third-order valence-corrected chi connectivity index (χ3v) is 6.34. The summed E-state index contributed by atoms with van der Waals surface area (Å²) in [6.07, 6.45) is 6.80. The number of nitrogens with two attached hydrogens (primary N) is 1. The highest BCUT2D eigenvalue weighted by molar-refractivity contribution is 6.04. The fraction of sp³-hybridized carbons (Fsp3) is 0.111. The SMILES string of the molecule is CC(NC(=O)c1c(N)nn2cccnc12)c1nc2cccc(-c3cnn(C)c3)c2c(=O)n1-c1ccccc1. The molecule has 1 unspecified atom stereocenters. The first-order chi connectivity index (χ1) is 18.4. The fourth-order valence-electron chi connectivity index (χ4n) is 4.62. The Hall–Kier alpha value is -5.32. The molecule has 0 spiro atoms. The molecule has 2 aromatic carbocycles. The number of aromatic nitrogens is 7. The number of hydrogen-bond acceptors (Lipinski definition) is 7. The number of para-hydroxylation sites is 1. The van der Waals surface area contributed by atoms with Crippen molar-refractivity contribution in [1.82, 2.24) is 39.2 Å². The number of hydrogen-bond donors (Lipinski definition) is 2. The van der Waals surface area contributed by atoms with E-state index in [2.05, 4.69) is 20.5 Å². The van der Waals surface area contributed by atoms with Gasteiger partial charge in [-0.2, -0.15) is 5.10 Å². The van der Waals surface area contributed by atoms with Crippen molar-refractivity contribution in [2.24, 2.45) is 7.05 Å². The van der Waals surface area contributed by atoms with Gasteiger partial charge >= 0.3 is 0 Å². The van der Waals surface area contributed by atoms with Gasteiger partial charge in [-0.3, -0.25) is 18.8 Å². The number of carbonyl (C=O) groups is 1.